The number of halogens is 2. The third kappa shape index (κ3) is 2.41. The molecule has 2 aliphatic rings. The van der Waals surface area contributed by atoms with E-state index >= 15 is 0 Å². The molecule has 1 aliphatic carbocycles. The number of nitrogens with zero attached hydrogens (tertiary/aromatic N) is 1. The summed E-state index contributed by atoms with van der Waals surface area (Å²) in [6.45, 7) is 0.238. The van der Waals surface area contributed by atoms with Crippen molar-refractivity contribution in [2.24, 2.45) is 11.3 Å². The summed E-state index contributed by atoms with van der Waals surface area (Å²) in [5, 5.41) is 9.41. The molecule has 8 heteroatoms. The second kappa shape index (κ2) is 5.18. The molecular weight excluding hydrogens is 333 g/mol. The fraction of sp³-hybridized carbons (Fsp3) is 0.500. The number of hydrogen-bond donors (Lipinski definition) is 1. The van der Waals surface area contributed by atoms with E-state index in [-0.39, 0.29) is 29.8 Å². The van der Waals surface area contributed by atoms with Crippen molar-refractivity contribution in [3.05, 3.63) is 34.6 Å². The Hall–Kier alpha value is -1.18. The molecule has 1 saturated carbocycles. The number of aliphatic carboxylic acids is 1. The van der Waals surface area contributed by atoms with Crippen LogP contribution in [-0.2, 0) is 20.6 Å². The zero-order chi connectivity index (χ0) is 16.1. The first-order valence-corrected chi connectivity index (χ1v) is 8.88. The molecule has 1 heterocycles. The van der Waals surface area contributed by atoms with Gasteiger partial charge in [0.05, 0.1) is 11.2 Å². The predicted molar refractivity (Wildman–Crippen MR) is 78.4 cm³/mol. The van der Waals surface area contributed by atoms with Crippen LogP contribution >= 0.6 is 11.6 Å². The molecule has 0 spiro atoms. The van der Waals surface area contributed by atoms with Gasteiger partial charge in [0.1, 0.15) is 5.82 Å². The largest absolute Gasteiger partial charge is 0.481 e. The number of hydrogen-bond acceptors (Lipinski definition) is 3. The summed E-state index contributed by atoms with van der Waals surface area (Å²) >= 11 is 5.87. The lowest BCUT2D eigenvalue weighted by molar-refractivity contribution is -0.156. The maximum absolute atomic E-state index is 13.0. The SMILES string of the molecule is O=C(O)[C@]12CC[C@H]1CN(S(=O)(=O)Cc1ccc(F)cc1Cl)C2. The van der Waals surface area contributed by atoms with Gasteiger partial charge in [0.15, 0.2) is 0 Å². The smallest absolute Gasteiger partial charge is 0.311 e. The molecule has 2 fully saturated rings. The number of rotatable bonds is 4. The van der Waals surface area contributed by atoms with E-state index in [1.54, 1.807) is 0 Å². The maximum Gasteiger partial charge on any atom is 0.311 e. The maximum atomic E-state index is 13.0. The van der Waals surface area contributed by atoms with Crippen molar-refractivity contribution in [2.45, 2.75) is 18.6 Å². The molecule has 1 N–H and O–H groups in total. The monoisotopic (exact) mass is 347 g/mol. The van der Waals surface area contributed by atoms with E-state index in [0.717, 1.165) is 18.6 Å². The van der Waals surface area contributed by atoms with Crippen LogP contribution in [0.4, 0.5) is 4.39 Å². The highest BCUT2D eigenvalue weighted by Crippen LogP contribution is 2.52. The number of carbonyl (C=O) groups is 1. The van der Waals surface area contributed by atoms with Gasteiger partial charge in [0.2, 0.25) is 10.0 Å². The molecule has 1 aromatic carbocycles. The van der Waals surface area contributed by atoms with Gasteiger partial charge in [0, 0.05) is 18.1 Å². The summed E-state index contributed by atoms with van der Waals surface area (Å²) in [6, 6.07) is 3.56. The number of carboxylic acid groups (broad SMARTS) is 1. The van der Waals surface area contributed by atoms with E-state index < -0.39 is 27.2 Å². The third-order valence-electron chi connectivity index (χ3n) is 4.78. The third-order valence-corrected chi connectivity index (χ3v) is 6.87. The van der Waals surface area contributed by atoms with Crippen LogP contribution < -0.4 is 0 Å². The first-order chi connectivity index (χ1) is 10.2. The van der Waals surface area contributed by atoms with Crippen molar-refractivity contribution >= 4 is 27.6 Å². The lowest BCUT2D eigenvalue weighted by atomic mass is 9.62. The molecule has 0 unspecified atom stereocenters. The highest BCUT2D eigenvalue weighted by atomic mass is 35.5. The number of sulfonamides is 1. The Morgan fingerprint density at radius 1 is 1.50 bits per heavy atom. The van der Waals surface area contributed by atoms with Gasteiger partial charge in [-0.05, 0) is 36.5 Å². The van der Waals surface area contributed by atoms with Crippen LogP contribution in [-0.4, -0.2) is 36.9 Å². The molecule has 1 aliphatic heterocycles. The zero-order valence-corrected chi connectivity index (χ0v) is 13.2. The van der Waals surface area contributed by atoms with Crippen molar-refractivity contribution in [3.8, 4) is 0 Å². The molecular formula is C14H15ClFNO4S. The molecule has 120 valence electrons. The Kier molecular flexibility index (Phi) is 3.70. The van der Waals surface area contributed by atoms with Gasteiger partial charge >= 0.3 is 5.97 Å². The summed E-state index contributed by atoms with van der Waals surface area (Å²) in [4.78, 5) is 11.4. The van der Waals surface area contributed by atoms with Crippen LogP contribution in [0.2, 0.25) is 5.02 Å². The highest BCUT2D eigenvalue weighted by molar-refractivity contribution is 7.88. The predicted octanol–water partition coefficient (Wildman–Crippen LogP) is 2.11. The van der Waals surface area contributed by atoms with Crippen LogP contribution in [0.3, 0.4) is 0 Å². The van der Waals surface area contributed by atoms with Gasteiger partial charge in [-0.2, -0.15) is 0 Å². The Morgan fingerprint density at radius 3 is 2.73 bits per heavy atom. The Morgan fingerprint density at radius 2 is 2.23 bits per heavy atom. The lowest BCUT2D eigenvalue weighted by Crippen LogP contribution is -2.46. The first-order valence-electron chi connectivity index (χ1n) is 6.90. The molecule has 3 rings (SSSR count). The second-order valence-corrected chi connectivity index (χ2v) is 8.36. The molecule has 0 aromatic heterocycles. The molecule has 0 amide bonds. The van der Waals surface area contributed by atoms with Gasteiger partial charge in [-0.15, -0.1) is 0 Å². The zero-order valence-electron chi connectivity index (χ0n) is 11.6. The lowest BCUT2D eigenvalue weighted by Gasteiger charge is -2.39. The van der Waals surface area contributed by atoms with Crippen molar-refractivity contribution < 1.29 is 22.7 Å². The van der Waals surface area contributed by atoms with E-state index in [2.05, 4.69) is 0 Å². The highest BCUT2D eigenvalue weighted by Gasteiger charge is 2.60. The minimum atomic E-state index is -3.68. The van der Waals surface area contributed by atoms with Crippen molar-refractivity contribution in [1.82, 2.24) is 4.31 Å². The molecule has 5 nitrogen and oxygen atoms in total. The molecule has 1 saturated heterocycles. The van der Waals surface area contributed by atoms with Gasteiger partial charge in [-0.3, -0.25) is 4.79 Å². The second-order valence-electron chi connectivity index (χ2n) is 5.98. The average Bonchev–Trinajstić information content (AvgIpc) is 2.66. The molecule has 2 atom stereocenters. The van der Waals surface area contributed by atoms with Crippen LogP contribution in [0.5, 0.6) is 0 Å². The number of benzene rings is 1. The van der Waals surface area contributed by atoms with Gasteiger partial charge in [-0.1, -0.05) is 17.7 Å². The van der Waals surface area contributed by atoms with Gasteiger partial charge in [0.25, 0.3) is 0 Å². The quantitative estimate of drug-likeness (QED) is 0.905. The summed E-state index contributed by atoms with van der Waals surface area (Å²) in [6.07, 6.45) is 1.24. The summed E-state index contributed by atoms with van der Waals surface area (Å²) < 4.78 is 39.3. The summed E-state index contributed by atoms with van der Waals surface area (Å²) in [7, 11) is -3.68. The molecule has 1 aromatic rings. The minimum absolute atomic E-state index is 0.00808. The van der Waals surface area contributed by atoms with E-state index in [1.165, 1.54) is 10.4 Å². The van der Waals surface area contributed by atoms with Gasteiger partial charge < -0.3 is 5.11 Å². The average molecular weight is 348 g/mol. The fourth-order valence-electron chi connectivity index (χ4n) is 3.28. The van der Waals surface area contributed by atoms with Crippen molar-refractivity contribution in [1.29, 1.82) is 0 Å². The standard InChI is InChI=1S/C14H15ClFNO4S/c15-12-5-11(16)2-1-9(12)7-22(20,21)17-6-10-3-4-14(10,8-17)13(18)19/h1-2,5,10H,3-4,6-8H2,(H,18,19)/t10-,14-/m0/s1. The molecule has 22 heavy (non-hydrogen) atoms. The van der Waals surface area contributed by atoms with Crippen LogP contribution in [0.1, 0.15) is 18.4 Å². The molecule has 0 bridgehead atoms. The Bertz CT molecular complexity index is 738. The fourth-order valence-corrected chi connectivity index (χ4v) is 5.26. The van der Waals surface area contributed by atoms with Crippen molar-refractivity contribution in [3.63, 3.8) is 0 Å². The molecule has 0 radical (unpaired) electrons. The van der Waals surface area contributed by atoms with Crippen LogP contribution in [0.15, 0.2) is 18.2 Å². The van der Waals surface area contributed by atoms with Crippen LogP contribution in [0, 0.1) is 17.2 Å². The topological polar surface area (TPSA) is 74.7 Å². The normalized spacial score (nSPS) is 28.2. The van der Waals surface area contributed by atoms with Crippen LogP contribution in [0.25, 0.3) is 0 Å². The summed E-state index contributed by atoms with van der Waals surface area (Å²) in [5.41, 5.74) is -0.619. The Labute approximate surface area is 132 Å². The number of fused-ring (bicyclic) bond motifs is 1. The van der Waals surface area contributed by atoms with E-state index in [9.17, 15) is 22.7 Å². The van der Waals surface area contributed by atoms with Crippen molar-refractivity contribution in [2.75, 3.05) is 13.1 Å². The summed E-state index contributed by atoms with van der Waals surface area (Å²) in [5.74, 6) is -1.94. The van der Waals surface area contributed by atoms with E-state index in [4.69, 9.17) is 11.6 Å². The number of carboxylic acids is 1. The Balaban J connectivity index is 1.81. The minimum Gasteiger partial charge on any atom is -0.481 e. The van der Waals surface area contributed by atoms with Gasteiger partial charge in [-0.25, -0.2) is 17.1 Å². The van der Waals surface area contributed by atoms with E-state index in [0.29, 0.717) is 12.0 Å². The first kappa shape index (κ1) is 15.7. The van der Waals surface area contributed by atoms with E-state index in [1.807, 2.05) is 0 Å².